The van der Waals surface area contributed by atoms with Gasteiger partial charge < -0.3 is 5.11 Å². The number of rotatable bonds is 1. The minimum Gasteiger partial charge on any atom is -0.478 e. The van der Waals surface area contributed by atoms with E-state index in [1.807, 2.05) is 13.0 Å². The third-order valence-electron chi connectivity index (χ3n) is 1.81. The Kier molecular flexibility index (Phi) is 2.34. The molecular formula is C10H9NO2. The Bertz CT molecular complexity index is 402. The molecule has 0 fully saturated rings. The van der Waals surface area contributed by atoms with Crippen LogP contribution in [0.2, 0.25) is 0 Å². The molecule has 0 saturated carbocycles. The first-order valence-electron chi connectivity index (χ1n) is 3.81. The molecule has 0 atom stereocenters. The lowest BCUT2D eigenvalue weighted by Crippen LogP contribution is -2.03. The average molecular weight is 175 g/mol. The molecule has 0 radical (unpaired) electrons. The highest BCUT2D eigenvalue weighted by Gasteiger charge is 2.13. The summed E-state index contributed by atoms with van der Waals surface area (Å²) in [6, 6.07) is 5.21. The first kappa shape index (κ1) is 9.27. The van der Waals surface area contributed by atoms with Crippen molar-refractivity contribution in [2.45, 2.75) is 13.8 Å². The molecule has 13 heavy (non-hydrogen) atoms. The number of hydrogen-bond donors (Lipinski definition) is 1. The molecule has 1 aromatic rings. The van der Waals surface area contributed by atoms with Crippen molar-refractivity contribution in [3.63, 3.8) is 0 Å². The van der Waals surface area contributed by atoms with Crippen molar-refractivity contribution in [1.82, 2.24) is 0 Å². The minimum absolute atomic E-state index is 0.105. The number of aryl methyl sites for hydroxylation is 2. The molecule has 0 amide bonds. The highest BCUT2D eigenvalue weighted by Crippen LogP contribution is 2.16. The zero-order chi connectivity index (χ0) is 10.0. The Balaban J connectivity index is 3.50. The van der Waals surface area contributed by atoms with Gasteiger partial charge in [0.05, 0.1) is 11.1 Å². The summed E-state index contributed by atoms with van der Waals surface area (Å²) in [5, 5.41) is 17.5. The molecule has 0 heterocycles. The number of hydrogen-bond acceptors (Lipinski definition) is 2. The molecule has 0 saturated heterocycles. The van der Waals surface area contributed by atoms with E-state index in [1.54, 1.807) is 19.1 Å². The van der Waals surface area contributed by atoms with Crippen molar-refractivity contribution in [3.05, 3.63) is 34.4 Å². The third-order valence-corrected chi connectivity index (χ3v) is 1.81. The van der Waals surface area contributed by atoms with Crippen LogP contribution >= 0.6 is 0 Å². The Hall–Kier alpha value is -1.82. The van der Waals surface area contributed by atoms with Crippen LogP contribution in [0, 0.1) is 25.2 Å². The maximum atomic E-state index is 10.8. The van der Waals surface area contributed by atoms with E-state index in [-0.39, 0.29) is 11.1 Å². The van der Waals surface area contributed by atoms with Gasteiger partial charge in [-0.2, -0.15) is 5.26 Å². The predicted molar refractivity (Wildman–Crippen MR) is 47.6 cm³/mol. The SMILES string of the molecule is Cc1cc(C)c(C(=O)O)c(C#N)c1. The van der Waals surface area contributed by atoms with Crippen LogP contribution in [-0.2, 0) is 0 Å². The lowest BCUT2D eigenvalue weighted by atomic mass is 10.00. The van der Waals surface area contributed by atoms with Crippen molar-refractivity contribution >= 4 is 5.97 Å². The summed E-state index contributed by atoms with van der Waals surface area (Å²) in [5.41, 5.74) is 1.86. The number of carboxylic acid groups (broad SMARTS) is 1. The van der Waals surface area contributed by atoms with Gasteiger partial charge in [0.25, 0.3) is 0 Å². The fourth-order valence-corrected chi connectivity index (χ4v) is 1.34. The van der Waals surface area contributed by atoms with E-state index in [0.717, 1.165) is 5.56 Å². The van der Waals surface area contributed by atoms with Gasteiger partial charge in [0.1, 0.15) is 6.07 Å². The zero-order valence-electron chi connectivity index (χ0n) is 7.46. The fourth-order valence-electron chi connectivity index (χ4n) is 1.34. The molecule has 0 bridgehead atoms. The van der Waals surface area contributed by atoms with E-state index < -0.39 is 5.97 Å². The topological polar surface area (TPSA) is 61.1 Å². The number of nitrogens with zero attached hydrogens (tertiary/aromatic N) is 1. The molecule has 0 aliphatic heterocycles. The van der Waals surface area contributed by atoms with Crippen LogP contribution in [-0.4, -0.2) is 11.1 Å². The first-order valence-corrected chi connectivity index (χ1v) is 3.81. The summed E-state index contributed by atoms with van der Waals surface area (Å²) in [7, 11) is 0. The van der Waals surface area contributed by atoms with Gasteiger partial charge in [-0.1, -0.05) is 6.07 Å². The number of benzene rings is 1. The van der Waals surface area contributed by atoms with Gasteiger partial charge in [-0.25, -0.2) is 4.79 Å². The molecule has 0 aliphatic rings. The van der Waals surface area contributed by atoms with E-state index in [2.05, 4.69) is 0 Å². The summed E-state index contributed by atoms with van der Waals surface area (Å²) in [5.74, 6) is -1.05. The molecule has 66 valence electrons. The number of carbonyl (C=O) groups is 1. The molecule has 0 aromatic heterocycles. The second-order valence-corrected chi connectivity index (χ2v) is 2.92. The molecule has 1 aromatic carbocycles. The molecule has 3 nitrogen and oxygen atoms in total. The predicted octanol–water partition coefficient (Wildman–Crippen LogP) is 1.87. The first-order chi connectivity index (χ1) is 6.06. The summed E-state index contributed by atoms with van der Waals surface area (Å²) >= 11 is 0. The fraction of sp³-hybridized carbons (Fsp3) is 0.200. The maximum Gasteiger partial charge on any atom is 0.337 e. The normalized spacial score (nSPS) is 9.31. The lowest BCUT2D eigenvalue weighted by molar-refractivity contribution is 0.0696. The van der Waals surface area contributed by atoms with Crippen LogP contribution < -0.4 is 0 Å². The van der Waals surface area contributed by atoms with E-state index in [9.17, 15) is 4.79 Å². The Morgan fingerprint density at radius 3 is 2.54 bits per heavy atom. The Labute approximate surface area is 76.2 Å². The Morgan fingerprint density at radius 2 is 2.08 bits per heavy atom. The van der Waals surface area contributed by atoms with E-state index >= 15 is 0 Å². The van der Waals surface area contributed by atoms with Crippen LogP contribution in [0.15, 0.2) is 12.1 Å². The third kappa shape index (κ3) is 1.67. The van der Waals surface area contributed by atoms with Gasteiger partial charge in [0, 0.05) is 0 Å². The molecule has 1 rings (SSSR count). The van der Waals surface area contributed by atoms with Crippen molar-refractivity contribution in [2.24, 2.45) is 0 Å². The number of carboxylic acids is 1. The summed E-state index contributed by atoms with van der Waals surface area (Å²) in [6.07, 6.45) is 0. The van der Waals surface area contributed by atoms with E-state index in [4.69, 9.17) is 10.4 Å². The van der Waals surface area contributed by atoms with Gasteiger partial charge in [-0.3, -0.25) is 0 Å². The van der Waals surface area contributed by atoms with Gasteiger partial charge in [0.15, 0.2) is 0 Å². The summed E-state index contributed by atoms with van der Waals surface area (Å²) < 4.78 is 0. The van der Waals surface area contributed by atoms with Crippen molar-refractivity contribution in [2.75, 3.05) is 0 Å². The van der Waals surface area contributed by atoms with E-state index in [0.29, 0.717) is 5.56 Å². The molecule has 0 spiro atoms. The van der Waals surface area contributed by atoms with Crippen LogP contribution in [0.1, 0.15) is 27.0 Å². The quantitative estimate of drug-likeness (QED) is 0.708. The van der Waals surface area contributed by atoms with Gasteiger partial charge in [0.2, 0.25) is 0 Å². The van der Waals surface area contributed by atoms with Gasteiger partial charge >= 0.3 is 5.97 Å². The molecule has 3 heteroatoms. The van der Waals surface area contributed by atoms with Crippen LogP contribution in [0.25, 0.3) is 0 Å². The van der Waals surface area contributed by atoms with E-state index in [1.165, 1.54) is 0 Å². The van der Waals surface area contributed by atoms with Gasteiger partial charge in [-0.15, -0.1) is 0 Å². The van der Waals surface area contributed by atoms with Crippen LogP contribution in [0.5, 0.6) is 0 Å². The highest BCUT2D eigenvalue weighted by molar-refractivity contribution is 5.92. The molecule has 0 unspecified atom stereocenters. The second kappa shape index (κ2) is 3.28. The smallest absolute Gasteiger partial charge is 0.337 e. The Morgan fingerprint density at radius 1 is 1.46 bits per heavy atom. The second-order valence-electron chi connectivity index (χ2n) is 2.92. The lowest BCUT2D eigenvalue weighted by Gasteiger charge is -2.03. The maximum absolute atomic E-state index is 10.8. The van der Waals surface area contributed by atoms with Crippen molar-refractivity contribution in [1.29, 1.82) is 5.26 Å². The monoisotopic (exact) mass is 175 g/mol. The van der Waals surface area contributed by atoms with Crippen LogP contribution in [0.4, 0.5) is 0 Å². The summed E-state index contributed by atoms with van der Waals surface area (Å²) in [4.78, 5) is 10.8. The number of nitriles is 1. The molecule has 0 aliphatic carbocycles. The molecular weight excluding hydrogens is 166 g/mol. The van der Waals surface area contributed by atoms with Crippen molar-refractivity contribution in [3.8, 4) is 6.07 Å². The standard InChI is InChI=1S/C10H9NO2/c1-6-3-7(2)9(10(12)13)8(4-6)5-11/h3-4H,1-2H3,(H,12,13). The molecule has 1 N–H and O–H groups in total. The highest BCUT2D eigenvalue weighted by atomic mass is 16.4. The number of aromatic carboxylic acids is 1. The van der Waals surface area contributed by atoms with Crippen LogP contribution in [0.3, 0.4) is 0 Å². The van der Waals surface area contributed by atoms with Crippen molar-refractivity contribution < 1.29 is 9.90 Å². The summed E-state index contributed by atoms with van der Waals surface area (Å²) in [6.45, 7) is 3.52. The average Bonchev–Trinajstić information content (AvgIpc) is 2.01. The minimum atomic E-state index is -1.05. The largest absolute Gasteiger partial charge is 0.478 e. The van der Waals surface area contributed by atoms with Gasteiger partial charge in [-0.05, 0) is 31.0 Å². The zero-order valence-corrected chi connectivity index (χ0v) is 7.46.